The van der Waals surface area contributed by atoms with Crippen LogP contribution < -0.4 is 10.9 Å². The number of rotatable bonds is 13. The van der Waals surface area contributed by atoms with E-state index >= 15 is 0 Å². The number of hydrogen-bond donors (Lipinski definition) is 2. The Morgan fingerprint density at radius 2 is 1.70 bits per heavy atom. The summed E-state index contributed by atoms with van der Waals surface area (Å²) in [5.74, 6) is -0.460. The van der Waals surface area contributed by atoms with Gasteiger partial charge in [-0.3, -0.25) is 10.1 Å². The maximum Gasteiger partial charge on any atom is 0.410 e. The van der Waals surface area contributed by atoms with Gasteiger partial charge in [0.2, 0.25) is 0 Å². The zero-order chi connectivity index (χ0) is 27.5. The lowest BCUT2D eigenvalue weighted by Crippen LogP contribution is -2.26. The summed E-state index contributed by atoms with van der Waals surface area (Å²) in [6.07, 6.45) is 6.79. The number of aryl methyl sites for hydroxylation is 1. The molecule has 202 valence electrons. The van der Waals surface area contributed by atoms with E-state index in [2.05, 4.69) is 48.2 Å². The van der Waals surface area contributed by atoms with E-state index in [1.165, 1.54) is 24.9 Å². The molecule has 0 aliphatic heterocycles. The van der Waals surface area contributed by atoms with Crippen LogP contribution in [0.1, 0.15) is 87.0 Å². The summed E-state index contributed by atoms with van der Waals surface area (Å²) in [5.41, 5.74) is 1.33. The fraction of sp³-hybridized carbons (Fsp3) is 0.500. The Morgan fingerprint density at radius 3 is 2.30 bits per heavy atom. The highest BCUT2D eigenvalue weighted by Crippen LogP contribution is 2.28. The van der Waals surface area contributed by atoms with Crippen molar-refractivity contribution in [3.8, 4) is 5.75 Å². The number of benzene rings is 1. The summed E-state index contributed by atoms with van der Waals surface area (Å²) in [6.45, 7) is 10.1. The van der Waals surface area contributed by atoms with E-state index in [-0.39, 0.29) is 23.1 Å². The molecule has 0 radical (unpaired) electrons. The van der Waals surface area contributed by atoms with Gasteiger partial charge in [0.1, 0.15) is 17.1 Å². The Morgan fingerprint density at radius 1 is 1.05 bits per heavy atom. The SMILES string of the molecule is COC(=O)N/C=C/CCC(C)c1cc(O)c(C(=O)C(C)C(C)Cc2ccc(CCC(C)C)cc2)c(=O)o1. The quantitative estimate of drug-likeness (QED) is 0.302. The number of Topliss-reactive ketones (excluding diaryl/α,β-unsaturated/α-hetero) is 1. The van der Waals surface area contributed by atoms with E-state index in [9.17, 15) is 19.5 Å². The van der Waals surface area contributed by atoms with Crippen molar-refractivity contribution in [3.63, 3.8) is 0 Å². The summed E-state index contributed by atoms with van der Waals surface area (Å²) >= 11 is 0. The lowest BCUT2D eigenvalue weighted by molar-refractivity contribution is 0.0885. The van der Waals surface area contributed by atoms with Crippen LogP contribution in [-0.2, 0) is 17.6 Å². The number of amides is 1. The molecule has 1 aromatic carbocycles. The van der Waals surface area contributed by atoms with Crippen molar-refractivity contribution in [2.24, 2.45) is 17.8 Å². The van der Waals surface area contributed by atoms with Gasteiger partial charge >= 0.3 is 11.7 Å². The van der Waals surface area contributed by atoms with Crippen LogP contribution in [0.3, 0.4) is 0 Å². The lowest BCUT2D eigenvalue weighted by Gasteiger charge is -2.19. The lowest BCUT2D eigenvalue weighted by atomic mass is 9.84. The molecule has 3 atom stereocenters. The first-order valence-corrected chi connectivity index (χ1v) is 13.0. The first kappa shape index (κ1) is 29.9. The second kappa shape index (κ2) is 14.4. The predicted octanol–water partition coefficient (Wildman–Crippen LogP) is 6.39. The number of ketones is 1. The molecule has 0 spiro atoms. The Bertz CT molecular complexity index is 1120. The molecule has 1 heterocycles. The maximum atomic E-state index is 13.2. The smallest absolute Gasteiger partial charge is 0.410 e. The standard InChI is InChI=1S/C30H41NO6/c1-19(2)10-11-23-12-14-24(15-13-23)17-21(4)22(5)28(33)27-25(32)18-26(37-29(27)34)20(3)9-7-8-16-31-30(35)36-6/h8,12-16,18-22,32H,7,9-11,17H2,1-6H3,(H,31,35)/b16-8+. The Labute approximate surface area is 219 Å². The molecule has 0 saturated heterocycles. The van der Waals surface area contributed by atoms with E-state index in [0.29, 0.717) is 30.9 Å². The molecule has 3 unspecified atom stereocenters. The van der Waals surface area contributed by atoms with Gasteiger partial charge in [0.15, 0.2) is 5.78 Å². The Hall–Kier alpha value is -3.35. The van der Waals surface area contributed by atoms with Crippen molar-refractivity contribution in [2.75, 3.05) is 7.11 Å². The molecule has 1 aromatic heterocycles. The molecule has 37 heavy (non-hydrogen) atoms. The number of carbonyl (C=O) groups is 2. The fourth-order valence-corrected chi connectivity index (χ4v) is 4.06. The highest BCUT2D eigenvalue weighted by atomic mass is 16.5. The molecule has 0 bridgehead atoms. The first-order valence-electron chi connectivity index (χ1n) is 13.0. The number of carbonyl (C=O) groups excluding carboxylic acids is 2. The predicted molar refractivity (Wildman–Crippen MR) is 145 cm³/mol. The number of hydrogen-bond acceptors (Lipinski definition) is 6. The van der Waals surface area contributed by atoms with Crippen LogP contribution in [0.25, 0.3) is 0 Å². The monoisotopic (exact) mass is 511 g/mol. The molecular weight excluding hydrogens is 470 g/mol. The summed E-state index contributed by atoms with van der Waals surface area (Å²) in [6, 6.07) is 9.85. The summed E-state index contributed by atoms with van der Waals surface area (Å²) in [5, 5.41) is 13.0. The summed E-state index contributed by atoms with van der Waals surface area (Å²) in [4.78, 5) is 36.9. The van der Waals surface area contributed by atoms with Gasteiger partial charge in [-0.25, -0.2) is 9.59 Å². The van der Waals surface area contributed by atoms with Gasteiger partial charge in [0.05, 0.1) is 7.11 Å². The minimum absolute atomic E-state index is 0.0307. The number of methoxy groups -OCH3 is 1. The molecule has 2 aromatic rings. The van der Waals surface area contributed by atoms with Crippen LogP contribution in [0, 0.1) is 17.8 Å². The van der Waals surface area contributed by atoms with E-state index in [0.717, 1.165) is 18.4 Å². The fourth-order valence-electron chi connectivity index (χ4n) is 4.06. The Balaban J connectivity index is 2.01. The molecule has 0 fully saturated rings. The van der Waals surface area contributed by atoms with Gasteiger partial charge in [-0.05, 0) is 55.1 Å². The topological polar surface area (TPSA) is 106 Å². The van der Waals surface area contributed by atoms with Crippen molar-refractivity contribution in [1.29, 1.82) is 0 Å². The summed E-state index contributed by atoms with van der Waals surface area (Å²) in [7, 11) is 1.28. The van der Waals surface area contributed by atoms with Crippen LogP contribution in [0.2, 0.25) is 0 Å². The molecule has 0 aliphatic carbocycles. The second-order valence-electron chi connectivity index (χ2n) is 10.3. The first-order chi connectivity index (χ1) is 17.5. The average molecular weight is 512 g/mol. The number of alkyl carbamates (subject to hydrolysis) is 1. The molecule has 7 nitrogen and oxygen atoms in total. The number of allylic oxidation sites excluding steroid dienone is 1. The summed E-state index contributed by atoms with van der Waals surface area (Å²) < 4.78 is 9.91. The van der Waals surface area contributed by atoms with E-state index < -0.39 is 23.4 Å². The maximum absolute atomic E-state index is 13.2. The number of aromatic hydroxyl groups is 1. The number of nitrogens with one attached hydrogen (secondary N) is 1. The molecule has 2 rings (SSSR count). The largest absolute Gasteiger partial charge is 0.507 e. The minimum atomic E-state index is -0.816. The zero-order valence-corrected chi connectivity index (χ0v) is 22.9. The van der Waals surface area contributed by atoms with Crippen LogP contribution in [0.15, 0.2) is 51.8 Å². The molecule has 0 saturated carbocycles. The van der Waals surface area contributed by atoms with Crippen LogP contribution in [0.5, 0.6) is 5.75 Å². The van der Waals surface area contributed by atoms with Gasteiger partial charge < -0.3 is 14.3 Å². The molecule has 2 N–H and O–H groups in total. The highest BCUT2D eigenvalue weighted by Gasteiger charge is 2.28. The van der Waals surface area contributed by atoms with Gasteiger partial charge in [-0.1, -0.05) is 65.0 Å². The van der Waals surface area contributed by atoms with Gasteiger partial charge in [-0.2, -0.15) is 0 Å². The van der Waals surface area contributed by atoms with Gasteiger partial charge in [0.25, 0.3) is 0 Å². The highest BCUT2D eigenvalue weighted by molar-refractivity contribution is 5.99. The van der Waals surface area contributed by atoms with E-state index in [1.54, 1.807) is 13.0 Å². The third kappa shape index (κ3) is 9.23. The molecule has 0 aliphatic rings. The van der Waals surface area contributed by atoms with Gasteiger partial charge in [-0.15, -0.1) is 0 Å². The average Bonchev–Trinajstić information content (AvgIpc) is 2.86. The van der Waals surface area contributed by atoms with E-state index in [1.807, 2.05) is 13.8 Å². The van der Waals surface area contributed by atoms with E-state index in [4.69, 9.17) is 4.42 Å². The normalized spacial score (nSPS) is 13.9. The zero-order valence-electron chi connectivity index (χ0n) is 22.9. The van der Waals surface area contributed by atoms with Crippen LogP contribution in [0.4, 0.5) is 4.79 Å². The molecular formula is C30H41NO6. The van der Waals surface area contributed by atoms with Crippen molar-refractivity contribution >= 4 is 11.9 Å². The minimum Gasteiger partial charge on any atom is -0.507 e. The number of ether oxygens (including phenoxy) is 1. The third-order valence-corrected chi connectivity index (χ3v) is 6.81. The van der Waals surface area contributed by atoms with Crippen molar-refractivity contribution < 1.29 is 23.8 Å². The Kier molecular flexibility index (Phi) is 11.6. The molecule has 1 amide bonds. The van der Waals surface area contributed by atoms with Crippen LogP contribution >= 0.6 is 0 Å². The van der Waals surface area contributed by atoms with Crippen LogP contribution in [-0.4, -0.2) is 24.1 Å². The van der Waals surface area contributed by atoms with Gasteiger partial charge in [0, 0.05) is 24.1 Å². The second-order valence-corrected chi connectivity index (χ2v) is 10.3. The van der Waals surface area contributed by atoms with Crippen molar-refractivity contribution in [1.82, 2.24) is 5.32 Å². The van der Waals surface area contributed by atoms with Crippen molar-refractivity contribution in [3.05, 3.63) is 75.5 Å². The third-order valence-electron chi connectivity index (χ3n) is 6.81. The molecule has 7 heteroatoms. The van der Waals surface area contributed by atoms with Crippen molar-refractivity contribution in [2.45, 2.75) is 72.6 Å².